The average Bonchev–Trinajstić information content (AvgIpc) is 3.35. The van der Waals surface area contributed by atoms with Gasteiger partial charge in [0, 0.05) is 10.4 Å². The topological polar surface area (TPSA) is 74.5 Å². The lowest BCUT2D eigenvalue weighted by Gasteiger charge is -2.00. The van der Waals surface area contributed by atoms with Crippen molar-refractivity contribution in [2.75, 3.05) is 7.11 Å². The lowest BCUT2D eigenvalue weighted by molar-refractivity contribution is 0.0435. The van der Waals surface area contributed by atoms with Crippen molar-refractivity contribution >= 4 is 17.3 Å². The number of hydrogen-bond donors (Lipinski definition) is 0. The van der Waals surface area contributed by atoms with Gasteiger partial charge in [-0.1, -0.05) is 17.3 Å². The zero-order valence-corrected chi connectivity index (χ0v) is 14.5. The minimum Gasteiger partial charge on any atom is -0.497 e. The van der Waals surface area contributed by atoms with Gasteiger partial charge in [0.2, 0.25) is 5.82 Å². The fourth-order valence-corrected chi connectivity index (χ4v) is 3.97. The maximum absolute atomic E-state index is 12.2. The molecule has 0 spiro atoms. The van der Waals surface area contributed by atoms with Gasteiger partial charge in [0.1, 0.15) is 10.6 Å². The molecular formula is C18H16N2O4S. The Labute approximate surface area is 148 Å². The number of hydrogen-bond acceptors (Lipinski definition) is 7. The Balaban J connectivity index is 1.41. The van der Waals surface area contributed by atoms with Crippen molar-refractivity contribution in [2.24, 2.45) is 0 Å². The first-order chi connectivity index (χ1) is 12.2. The molecule has 0 aliphatic heterocycles. The monoisotopic (exact) mass is 356 g/mol. The summed E-state index contributed by atoms with van der Waals surface area (Å²) >= 11 is 1.52. The highest BCUT2D eigenvalue weighted by molar-refractivity contribution is 7.14. The van der Waals surface area contributed by atoms with E-state index >= 15 is 0 Å². The molecule has 0 unspecified atom stereocenters. The summed E-state index contributed by atoms with van der Waals surface area (Å²) in [6.45, 7) is -0.0433. The first kappa shape index (κ1) is 15.8. The second-order valence-corrected chi connectivity index (χ2v) is 6.87. The second kappa shape index (κ2) is 6.68. The van der Waals surface area contributed by atoms with Crippen LogP contribution in [0, 0.1) is 0 Å². The van der Waals surface area contributed by atoms with E-state index in [-0.39, 0.29) is 18.5 Å². The summed E-state index contributed by atoms with van der Waals surface area (Å²) in [4.78, 5) is 18.4. The van der Waals surface area contributed by atoms with Crippen molar-refractivity contribution < 1.29 is 18.8 Å². The number of carbonyl (C=O) groups is 1. The molecule has 128 valence electrons. The van der Waals surface area contributed by atoms with E-state index in [1.54, 1.807) is 7.11 Å². The smallest absolute Gasteiger partial charge is 0.348 e. The largest absolute Gasteiger partial charge is 0.497 e. The van der Waals surface area contributed by atoms with E-state index < -0.39 is 0 Å². The fourth-order valence-electron chi connectivity index (χ4n) is 2.82. The first-order valence-electron chi connectivity index (χ1n) is 7.98. The number of methoxy groups -OCH3 is 1. The van der Waals surface area contributed by atoms with E-state index in [1.807, 2.05) is 30.3 Å². The Bertz CT molecular complexity index is 894. The summed E-state index contributed by atoms with van der Waals surface area (Å²) in [5.41, 5.74) is 2.05. The van der Waals surface area contributed by atoms with E-state index in [2.05, 4.69) is 10.1 Å². The predicted molar refractivity (Wildman–Crippen MR) is 91.7 cm³/mol. The van der Waals surface area contributed by atoms with Crippen molar-refractivity contribution in [1.82, 2.24) is 10.1 Å². The highest BCUT2D eigenvalue weighted by atomic mass is 32.1. The number of carbonyl (C=O) groups excluding carboxylic acids is 1. The third kappa shape index (κ3) is 3.28. The Hall–Kier alpha value is -2.67. The third-order valence-corrected chi connectivity index (χ3v) is 5.29. The van der Waals surface area contributed by atoms with Crippen LogP contribution >= 0.6 is 11.3 Å². The normalized spacial score (nSPS) is 12.8. The molecule has 1 aromatic carbocycles. The highest BCUT2D eigenvalue weighted by Crippen LogP contribution is 2.31. The molecule has 0 saturated heterocycles. The summed E-state index contributed by atoms with van der Waals surface area (Å²) < 4.78 is 15.6. The molecule has 0 fully saturated rings. The van der Waals surface area contributed by atoms with Crippen LogP contribution in [0.2, 0.25) is 0 Å². The maximum atomic E-state index is 12.2. The van der Waals surface area contributed by atoms with Crippen LogP contribution < -0.4 is 4.74 Å². The number of nitrogens with zero attached hydrogens (tertiary/aromatic N) is 2. The van der Waals surface area contributed by atoms with E-state index in [9.17, 15) is 4.79 Å². The summed E-state index contributed by atoms with van der Waals surface area (Å²) in [6, 6.07) is 9.29. The van der Waals surface area contributed by atoms with E-state index in [4.69, 9.17) is 14.0 Å². The van der Waals surface area contributed by atoms with Crippen LogP contribution in [0.5, 0.6) is 5.75 Å². The van der Waals surface area contributed by atoms with E-state index in [0.717, 1.165) is 18.4 Å². The molecule has 1 aliphatic carbocycles. The quantitative estimate of drug-likeness (QED) is 0.650. The number of aromatic nitrogens is 2. The number of thiophene rings is 1. The molecule has 0 saturated carbocycles. The standard InChI is InChI=1S/C18H16N2O4S/c1-22-13-6-2-5-12(8-13)17-19-16(24-20-17)10-23-18(21)15-9-11-4-3-7-14(11)25-15/h2,5-6,8-9H,3-4,7,10H2,1H3. The molecule has 0 atom stereocenters. The zero-order valence-electron chi connectivity index (χ0n) is 13.7. The van der Waals surface area contributed by atoms with E-state index in [0.29, 0.717) is 16.5 Å². The first-order valence-corrected chi connectivity index (χ1v) is 8.80. The molecule has 3 aromatic rings. The molecule has 4 rings (SSSR count). The van der Waals surface area contributed by atoms with Crippen LogP contribution in [-0.4, -0.2) is 23.2 Å². The zero-order chi connectivity index (χ0) is 17.2. The van der Waals surface area contributed by atoms with Gasteiger partial charge in [-0.05, 0) is 43.0 Å². The molecule has 2 heterocycles. The predicted octanol–water partition coefficient (Wildman–Crippen LogP) is 3.65. The van der Waals surface area contributed by atoms with Crippen LogP contribution in [0.3, 0.4) is 0 Å². The minimum absolute atomic E-state index is 0.0433. The molecule has 25 heavy (non-hydrogen) atoms. The summed E-state index contributed by atoms with van der Waals surface area (Å²) in [7, 11) is 1.60. The number of benzene rings is 1. The number of fused-ring (bicyclic) bond motifs is 1. The van der Waals surface area contributed by atoms with E-state index in [1.165, 1.54) is 28.2 Å². The van der Waals surface area contributed by atoms with Crippen molar-refractivity contribution in [2.45, 2.75) is 25.9 Å². The van der Waals surface area contributed by atoms with Crippen LogP contribution in [-0.2, 0) is 24.2 Å². The number of aryl methyl sites for hydroxylation is 2. The van der Waals surface area contributed by atoms with Crippen molar-refractivity contribution in [3.8, 4) is 17.1 Å². The summed E-state index contributed by atoms with van der Waals surface area (Å²) in [6.07, 6.45) is 3.28. The molecule has 0 bridgehead atoms. The summed E-state index contributed by atoms with van der Waals surface area (Å²) in [5, 5.41) is 3.92. The van der Waals surface area contributed by atoms with Crippen LogP contribution in [0.4, 0.5) is 0 Å². The Kier molecular flexibility index (Phi) is 4.23. The number of ether oxygens (including phenoxy) is 2. The van der Waals surface area contributed by atoms with Crippen molar-refractivity contribution in [1.29, 1.82) is 0 Å². The molecular weight excluding hydrogens is 340 g/mol. The number of rotatable bonds is 5. The Morgan fingerprint density at radius 2 is 2.24 bits per heavy atom. The highest BCUT2D eigenvalue weighted by Gasteiger charge is 2.20. The lowest BCUT2D eigenvalue weighted by atomic mass is 10.2. The molecule has 2 aromatic heterocycles. The van der Waals surface area contributed by atoms with Crippen molar-refractivity contribution in [3.63, 3.8) is 0 Å². The maximum Gasteiger partial charge on any atom is 0.348 e. The van der Waals surface area contributed by atoms with Gasteiger partial charge in [0.25, 0.3) is 5.89 Å². The van der Waals surface area contributed by atoms with Gasteiger partial charge >= 0.3 is 5.97 Å². The molecule has 1 aliphatic rings. The fraction of sp³-hybridized carbons (Fsp3) is 0.278. The molecule has 6 nitrogen and oxygen atoms in total. The van der Waals surface area contributed by atoms with Gasteiger partial charge in [-0.25, -0.2) is 4.79 Å². The van der Waals surface area contributed by atoms with Gasteiger partial charge in [-0.3, -0.25) is 0 Å². The Morgan fingerprint density at radius 1 is 1.32 bits per heavy atom. The molecule has 0 radical (unpaired) electrons. The van der Waals surface area contributed by atoms with Crippen LogP contribution in [0.1, 0.15) is 32.4 Å². The minimum atomic E-state index is -0.347. The lowest BCUT2D eigenvalue weighted by Crippen LogP contribution is -2.03. The van der Waals surface area contributed by atoms with Gasteiger partial charge in [-0.15, -0.1) is 11.3 Å². The van der Waals surface area contributed by atoms with Crippen molar-refractivity contribution in [3.05, 3.63) is 51.5 Å². The summed E-state index contributed by atoms with van der Waals surface area (Å²) in [5.74, 6) is 1.05. The van der Waals surface area contributed by atoms with Gasteiger partial charge in [-0.2, -0.15) is 4.98 Å². The second-order valence-electron chi connectivity index (χ2n) is 5.73. The van der Waals surface area contributed by atoms with Crippen LogP contribution in [0.25, 0.3) is 11.4 Å². The van der Waals surface area contributed by atoms with Crippen LogP contribution in [0.15, 0.2) is 34.9 Å². The SMILES string of the molecule is COc1cccc(-c2noc(COC(=O)c3cc4c(s3)CCC4)n2)c1. The molecule has 7 heteroatoms. The van der Waals surface area contributed by atoms with Gasteiger partial charge in [0.15, 0.2) is 6.61 Å². The number of esters is 1. The third-order valence-electron chi connectivity index (χ3n) is 4.07. The van der Waals surface area contributed by atoms with Gasteiger partial charge in [0.05, 0.1) is 7.11 Å². The van der Waals surface area contributed by atoms with Gasteiger partial charge < -0.3 is 14.0 Å². The molecule has 0 N–H and O–H groups in total. The molecule has 0 amide bonds. The Morgan fingerprint density at radius 3 is 3.08 bits per heavy atom. The average molecular weight is 356 g/mol.